The van der Waals surface area contributed by atoms with E-state index in [4.69, 9.17) is 0 Å². The fourth-order valence-electron chi connectivity index (χ4n) is 1.42. The van der Waals surface area contributed by atoms with Gasteiger partial charge in [-0.2, -0.15) is 11.2 Å². The van der Waals surface area contributed by atoms with Crippen molar-refractivity contribution in [2.24, 2.45) is 4.99 Å². The van der Waals surface area contributed by atoms with Crippen molar-refractivity contribution in [3.63, 3.8) is 0 Å². The van der Waals surface area contributed by atoms with Gasteiger partial charge in [0.2, 0.25) is 0 Å². The van der Waals surface area contributed by atoms with E-state index in [0.29, 0.717) is 0 Å². The van der Waals surface area contributed by atoms with Crippen molar-refractivity contribution in [3.05, 3.63) is 0 Å². The van der Waals surface area contributed by atoms with Gasteiger partial charge in [0.1, 0.15) is 7.22 Å². The lowest BCUT2D eigenvalue weighted by Gasteiger charge is -2.19. The topological polar surface area (TPSA) is 12.4 Å². The first-order valence-corrected chi connectivity index (χ1v) is 11.2. The molecule has 0 spiro atoms. The first kappa shape index (κ1) is 15.2. The third-order valence-corrected chi connectivity index (χ3v) is 6.64. The Morgan fingerprint density at radius 3 is 2.47 bits per heavy atom. The minimum absolute atomic E-state index is 0.742. The first-order valence-electron chi connectivity index (χ1n) is 6.12. The highest BCUT2D eigenvalue weighted by atomic mass is 32.4. The number of hydrogen-bond acceptors (Lipinski definition) is 2. The molecule has 0 aliphatic carbocycles. The molecular weight excluding hydrogens is 218 g/mol. The van der Waals surface area contributed by atoms with Crippen molar-refractivity contribution in [1.29, 1.82) is 0 Å². The third kappa shape index (κ3) is 12.2. The van der Waals surface area contributed by atoms with Crippen LogP contribution in [0, 0.1) is 0 Å². The van der Waals surface area contributed by atoms with Gasteiger partial charge in [-0.3, -0.25) is 4.99 Å². The van der Waals surface area contributed by atoms with Crippen LogP contribution in [-0.2, 0) is 0 Å². The van der Waals surface area contributed by atoms with Crippen molar-refractivity contribution >= 4 is 24.6 Å². The van der Waals surface area contributed by atoms with Crippen molar-refractivity contribution in [2.45, 2.75) is 64.4 Å². The summed E-state index contributed by atoms with van der Waals surface area (Å²) < 4.78 is 0. The van der Waals surface area contributed by atoms with Crippen LogP contribution >= 0.6 is 11.2 Å². The summed E-state index contributed by atoms with van der Waals surface area (Å²) in [5, 5.41) is 0.742. The highest BCUT2D eigenvalue weighted by molar-refractivity contribution is 8.29. The molecule has 0 fully saturated rings. The number of hydrogen-bond donors (Lipinski definition) is 0. The molecule has 0 aromatic heterocycles. The Morgan fingerprint density at radius 1 is 1.27 bits per heavy atom. The second-order valence-electron chi connectivity index (χ2n) is 5.07. The molecule has 0 heterocycles. The Bertz CT molecular complexity index is 175. The van der Waals surface area contributed by atoms with Crippen molar-refractivity contribution in [3.8, 4) is 0 Å². The maximum Gasteiger partial charge on any atom is 0.108 e. The predicted molar refractivity (Wildman–Crippen MR) is 77.9 cm³/mol. The normalized spacial score (nSPS) is 14.7. The van der Waals surface area contributed by atoms with E-state index in [9.17, 15) is 0 Å². The number of unbranched alkanes of at least 4 members (excludes halogenated alkanes) is 2. The van der Waals surface area contributed by atoms with Crippen LogP contribution in [0.2, 0.25) is 19.6 Å². The Labute approximate surface area is 101 Å². The highest BCUT2D eigenvalue weighted by Crippen LogP contribution is 2.25. The molecule has 0 radical (unpaired) electrons. The molecule has 0 N–H and O–H groups in total. The predicted octanol–water partition coefficient (Wildman–Crippen LogP) is 4.59. The van der Waals surface area contributed by atoms with E-state index < -0.39 is 7.22 Å². The molecule has 1 atom stereocenters. The van der Waals surface area contributed by atoms with Gasteiger partial charge >= 0.3 is 0 Å². The third-order valence-electron chi connectivity index (χ3n) is 2.01. The molecule has 0 amide bonds. The average Bonchev–Trinajstić information content (AvgIpc) is 2.08. The van der Waals surface area contributed by atoms with E-state index in [2.05, 4.69) is 55.9 Å². The summed E-state index contributed by atoms with van der Waals surface area (Å²) in [6.07, 6.45) is 7.13. The summed E-state index contributed by atoms with van der Waals surface area (Å²) in [7, 11) is -0.946. The zero-order valence-electron chi connectivity index (χ0n) is 11.0. The summed E-state index contributed by atoms with van der Waals surface area (Å²) in [5.41, 5.74) is 0. The molecular formula is C12H27NSSi. The lowest BCUT2D eigenvalue weighted by atomic mass is 10.2. The van der Waals surface area contributed by atoms with Gasteiger partial charge in [-0.05, 0) is 19.1 Å². The Morgan fingerprint density at radius 2 is 1.93 bits per heavy atom. The second kappa shape index (κ2) is 8.40. The van der Waals surface area contributed by atoms with E-state index in [1.54, 1.807) is 0 Å². The van der Waals surface area contributed by atoms with E-state index in [1.807, 2.05) is 0 Å². The quantitative estimate of drug-likeness (QED) is 0.346. The first-order chi connectivity index (χ1) is 6.95. The Balaban J connectivity index is 3.49. The summed E-state index contributed by atoms with van der Waals surface area (Å²) in [6, 6.07) is 0. The molecule has 0 saturated carbocycles. The average molecular weight is 246 g/mol. The van der Waals surface area contributed by atoms with E-state index >= 15 is 0 Å². The molecule has 0 aliphatic rings. The van der Waals surface area contributed by atoms with Crippen LogP contribution in [0.4, 0.5) is 0 Å². The molecule has 15 heavy (non-hydrogen) atoms. The second-order valence-corrected chi connectivity index (χ2v) is 14.7. The van der Waals surface area contributed by atoms with Crippen LogP contribution in [-0.4, -0.2) is 25.2 Å². The summed E-state index contributed by atoms with van der Waals surface area (Å²) in [4.78, 5) is 4.46. The fraction of sp³-hybridized carbons (Fsp3) is 0.917. The zero-order valence-corrected chi connectivity index (χ0v) is 12.9. The van der Waals surface area contributed by atoms with Gasteiger partial charge in [-0.15, -0.1) is 0 Å². The maximum atomic E-state index is 4.46. The molecule has 0 saturated heterocycles. The molecule has 90 valence electrons. The smallest absolute Gasteiger partial charge is 0.108 e. The van der Waals surface area contributed by atoms with Crippen LogP contribution < -0.4 is 0 Å². The van der Waals surface area contributed by atoms with Gasteiger partial charge in [0.05, 0.1) is 0 Å². The van der Waals surface area contributed by atoms with E-state index in [0.717, 1.165) is 18.2 Å². The van der Waals surface area contributed by atoms with Crippen LogP contribution in [0.1, 0.15) is 39.5 Å². The molecule has 1 nitrogen and oxygen atoms in total. The Kier molecular flexibility index (Phi) is 8.53. The lowest BCUT2D eigenvalue weighted by molar-refractivity contribution is 0.728. The molecule has 0 aromatic carbocycles. The summed E-state index contributed by atoms with van der Waals surface area (Å²) in [6.45, 7) is 12.8. The van der Waals surface area contributed by atoms with Gasteiger partial charge in [-0.1, -0.05) is 46.3 Å². The van der Waals surface area contributed by atoms with E-state index in [1.165, 1.54) is 19.3 Å². The molecule has 3 heteroatoms. The number of aliphatic imine (C=N–C) groups is 1. The minimum Gasteiger partial charge on any atom is -0.297 e. The van der Waals surface area contributed by atoms with Crippen LogP contribution in [0.15, 0.2) is 4.99 Å². The van der Waals surface area contributed by atoms with Gasteiger partial charge in [0, 0.05) is 11.8 Å². The van der Waals surface area contributed by atoms with E-state index in [-0.39, 0.29) is 0 Å². The fourth-order valence-corrected chi connectivity index (χ4v) is 6.72. The molecule has 0 aliphatic heterocycles. The van der Waals surface area contributed by atoms with Crippen molar-refractivity contribution in [2.75, 3.05) is 6.54 Å². The standard InChI is InChI=1S/C12H27NSSi/c1-6-7-8-10-13-11-9-12(2)14-15(3,4)5/h11-12H,6-10H2,1-5H3. The van der Waals surface area contributed by atoms with Crippen molar-refractivity contribution < 1.29 is 0 Å². The molecule has 0 bridgehead atoms. The molecule has 0 aromatic rings. The van der Waals surface area contributed by atoms with Gasteiger partial charge in [-0.25, -0.2) is 0 Å². The maximum absolute atomic E-state index is 4.46. The van der Waals surface area contributed by atoms with Crippen LogP contribution in [0.3, 0.4) is 0 Å². The summed E-state index contributed by atoms with van der Waals surface area (Å²) in [5.74, 6) is 0. The van der Waals surface area contributed by atoms with Gasteiger partial charge in [0.25, 0.3) is 0 Å². The monoisotopic (exact) mass is 245 g/mol. The Hall–Kier alpha value is 0.237. The van der Waals surface area contributed by atoms with Crippen molar-refractivity contribution in [1.82, 2.24) is 0 Å². The van der Waals surface area contributed by atoms with Gasteiger partial charge < -0.3 is 0 Å². The largest absolute Gasteiger partial charge is 0.297 e. The lowest BCUT2D eigenvalue weighted by Crippen LogP contribution is -2.18. The molecule has 0 rings (SSSR count). The van der Waals surface area contributed by atoms with Crippen LogP contribution in [0.5, 0.6) is 0 Å². The van der Waals surface area contributed by atoms with Gasteiger partial charge in [0.15, 0.2) is 0 Å². The summed E-state index contributed by atoms with van der Waals surface area (Å²) >= 11 is 2.17. The minimum atomic E-state index is -0.946. The number of nitrogens with zero attached hydrogens (tertiary/aromatic N) is 1. The van der Waals surface area contributed by atoms with Crippen LogP contribution in [0.25, 0.3) is 0 Å². The highest BCUT2D eigenvalue weighted by Gasteiger charge is 2.16. The SMILES string of the molecule is CCCCCN=CCC(C)S[Si](C)(C)C. The number of rotatable bonds is 8. The molecule has 1 unspecified atom stereocenters. The zero-order chi connectivity index (χ0) is 11.7.